The number of phenols is 1. The van der Waals surface area contributed by atoms with E-state index in [2.05, 4.69) is 137 Å². The van der Waals surface area contributed by atoms with Gasteiger partial charge in [0.1, 0.15) is 46.5 Å². The molecular formula is C69H89BBr2Cl3IN5NaO16P. The summed E-state index contributed by atoms with van der Waals surface area (Å²) in [5, 5.41) is 34.2. The van der Waals surface area contributed by atoms with Gasteiger partial charge >= 0.3 is 34.8 Å². The van der Waals surface area contributed by atoms with Crippen LogP contribution in [0.15, 0.2) is 141 Å². The molecular weight excluding hydrogens is 1610 g/mol. The second kappa shape index (κ2) is 60.5. The topological polar surface area (TPSA) is 301 Å². The average Bonchev–Trinajstić information content (AvgIpc) is 0.825. The SMILES string of the molecule is CI.COc1cc(C)c2c(c1)CCN=C2.COc1cc(C)cc(/C=C/[N+](=O)[O-])c1.COc1cc(C)cc(Br)c1.COc1cc(C)cc(C=O)c1.COc1cc(C)cc(CCN)c1.COc1cc(C)cc(CCNC=O)c1.C[N+](=O)[O-].Cc1cc(O)cc(Br)c1.O=CO.O=P(Cl)(Cl)Cl.[B].[H-].[Na+]. The normalized spacial score (nSPS) is 9.76. The van der Waals surface area contributed by atoms with E-state index in [9.17, 15) is 24.3 Å². The van der Waals surface area contributed by atoms with Crippen molar-refractivity contribution in [3.8, 4) is 40.2 Å². The molecule has 0 atom stereocenters. The molecule has 99 heavy (non-hydrogen) atoms. The fourth-order valence-corrected chi connectivity index (χ4v) is 9.12. The number of aldehydes is 1. The van der Waals surface area contributed by atoms with Crippen molar-refractivity contribution < 1.29 is 98.4 Å². The minimum absolute atomic E-state index is 0. The van der Waals surface area contributed by atoms with E-state index in [1.165, 1.54) is 50.6 Å². The molecule has 0 aliphatic carbocycles. The molecule has 1 aliphatic heterocycles. The van der Waals surface area contributed by atoms with Gasteiger partial charge in [-0.25, -0.2) is 0 Å². The van der Waals surface area contributed by atoms with Crippen LogP contribution < -0.4 is 69.0 Å². The van der Waals surface area contributed by atoms with Crippen molar-refractivity contribution in [2.75, 3.05) is 74.3 Å². The molecule has 0 unspecified atom stereocenters. The summed E-state index contributed by atoms with van der Waals surface area (Å²) in [4.78, 5) is 52.9. The van der Waals surface area contributed by atoms with Gasteiger partial charge in [-0.05, 0) is 283 Å². The Hall–Kier alpha value is -6.23. The molecule has 0 bridgehead atoms. The first-order valence-corrected chi connectivity index (χ1v) is 36.8. The molecule has 30 heteroatoms. The number of aromatic hydroxyl groups is 1. The number of fused-ring (bicyclic) bond motifs is 1. The van der Waals surface area contributed by atoms with Gasteiger partial charge in [-0.1, -0.05) is 72.6 Å². The third-order valence-corrected chi connectivity index (χ3v) is 12.5. The standard InChI is InChI=1S/C11H15NO2.C11H13NO.C10H11NO3.C10H15NO.C9H10O2.C8H9BrO.C7H7BrO.CH3I.CH3NO2.CH2O2.B.Cl3OP.Na.H/c1-9-5-10(3-4-12-8-13)7-11(6-9)14-2;1-8-5-10(13-2)6-9-3-4-12-7-11(8)9;1-8-5-9(3-4-11(12)13)7-10(6-8)14-2;1-8-5-9(3-4-11)7-10(6-8)12-2;1-7-3-8(6-10)5-9(4-7)11-2;1-6-3-7(9)5-8(4-6)10-2;1-5-2-6(8)4-7(9)3-5;1-2;1-2(3)4;2-1-3;;1-5(2,3)4;;/h5-8H,3-4H2,1-2H3,(H,12,13);5-7H,3-4H2,1-2H3;3-7H,1-2H3;5-7H,3-4,11H2,1-2H3;3-6H,1-2H3;3-5H,1-2H3;2-4,9H,1H3;1H3;1H3;1H,(H,2,3);;;;/q;;;;;;;;;;;;+1;-1/b;;4-3+;;;;;;;;;;;. The average molecular weight is 1700 g/mol. The number of benzene rings is 7. The second-order valence-electron chi connectivity index (χ2n) is 19.8. The third kappa shape index (κ3) is 55.2. The first-order chi connectivity index (χ1) is 45.7. The molecule has 1 amide bonds. The first kappa shape index (κ1) is 101. The quantitative estimate of drug-likeness (QED) is 0.0108. The largest absolute Gasteiger partial charge is 1.00 e. The Morgan fingerprint density at radius 3 is 1.36 bits per heavy atom. The Morgan fingerprint density at radius 2 is 0.980 bits per heavy atom. The summed E-state index contributed by atoms with van der Waals surface area (Å²) in [6.45, 7) is 16.0. The number of aryl methyl sites for hydroxylation is 7. The molecule has 537 valence electrons. The van der Waals surface area contributed by atoms with E-state index in [1.807, 2.05) is 119 Å². The number of halogens is 6. The molecule has 7 aromatic rings. The van der Waals surface area contributed by atoms with Crippen LogP contribution in [0, 0.1) is 68.7 Å². The number of nitro groups is 2. The summed E-state index contributed by atoms with van der Waals surface area (Å²) >= 11 is 22.6. The van der Waals surface area contributed by atoms with Gasteiger partial charge in [0, 0.05) is 53.2 Å². The first-order valence-electron chi connectivity index (χ1n) is 28.7. The molecule has 5 N–H and O–H groups in total. The van der Waals surface area contributed by atoms with Gasteiger partial charge < -0.3 is 51.1 Å². The molecule has 1 heterocycles. The number of methoxy groups -OCH3 is 6. The van der Waals surface area contributed by atoms with Crippen LogP contribution in [-0.4, -0.2) is 128 Å². The Morgan fingerprint density at radius 1 is 0.616 bits per heavy atom. The van der Waals surface area contributed by atoms with Crippen molar-refractivity contribution in [2.45, 2.75) is 67.7 Å². The van der Waals surface area contributed by atoms with Crippen molar-refractivity contribution in [1.29, 1.82) is 0 Å². The Kier molecular flexibility index (Phi) is 62.0. The number of carbonyl (C=O) groups is 3. The minimum atomic E-state index is -3.22. The fraction of sp³-hybridized carbons (Fsp3) is 0.304. The number of ether oxygens (including phenoxy) is 6. The number of hydrogen-bond acceptors (Lipinski definition) is 17. The zero-order chi connectivity index (χ0) is 74.6. The maximum absolute atomic E-state index is 10.4. The smallest absolute Gasteiger partial charge is 1.00 e. The summed E-state index contributed by atoms with van der Waals surface area (Å²) in [5.41, 5.74) is 19.9. The number of nitrogens with one attached hydrogen (secondary N) is 1. The van der Waals surface area contributed by atoms with Gasteiger partial charge in [-0.3, -0.25) is 44.2 Å². The van der Waals surface area contributed by atoms with Crippen LogP contribution in [0.4, 0.5) is 0 Å². The van der Waals surface area contributed by atoms with Crippen LogP contribution in [-0.2, 0) is 33.4 Å². The van der Waals surface area contributed by atoms with E-state index in [-0.39, 0.29) is 45.9 Å². The molecule has 0 saturated carbocycles. The van der Waals surface area contributed by atoms with Crippen LogP contribution >= 0.6 is 93.4 Å². The minimum Gasteiger partial charge on any atom is -1.00 e. The molecule has 3 radical (unpaired) electrons. The maximum Gasteiger partial charge on any atom is 1.00 e. The molecule has 0 spiro atoms. The molecule has 8 rings (SSSR count). The summed E-state index contributed by atoms with van der Waals surface area (Å²) in [5.74, 6) is 5.37. The zero-order valence-electron chi connectivity index (χ0n) is 59.6. The summed E-state index contributed by atoms with van der Waals surface area (Å²) in [6.07, 6.45) is 8.62. The molecule has 0 aromatic heterocycles. The third-order valence-electron chi connectivity index (χ3n) is 11.6. The van der Waals surface area contributed by atoms with E-state index in [4.69, 9.17) is 59.3 Å². The molecule has 0 fully saturated rings. The van der Waals surface area contributed by atoms with Crippen LogP contribution in [0.3, 0.4) is 0 Å². The monoisotopic (exact) mass is 1700 g/mol. The van der Waals surface area contributed by atoms with Crippen LogP contribution in [0.1, 0.15) is 78.5 Å². The summed E-state index contributed by atoms with van der Waals surface area (Å²) in [7, 11) is 10.8. The number of nitrogens with zero attached hydrogens (tertiary/aromatic N) is 3. The van der Waals surface area contributed by atoms with Gasteiger partial charge in [-0.2, -0.15) is 0 Å². The Labute approximate surface area is 653 Å². The number of carbonyl (C=O) groups excluding carboxylic acids is 2. The van der Waals surface area contributed by atoms with E-state index in [1.54, 1.807) is 66.9 Å². The number of hydrogen-bond donors (Lipinski definition) is 4. The maximum atomic E-state index is 10.4. The van der Waals surface area contributed by atoms with Gasteiger partial charge in [0.25, 0.3) is 6.47 Å². The second-order valence-corrected chi connectivity index (χ2v) is 28.2. The number of rotatable bonds is 15. The van der Waals surface area contributed by atoms with Gasteiger partial charge in [0.15, 0.2) is 7.05 Å². The van der Waals surface area contributed by atoms with Crippen LogP contribution in [0.25, 0.3) is 6.08 Å². The van der Waals surface area contributed by atoms with Crippen LogP contribution in [0.5, 0.6) is 40.2 Å². The molecule has 0 saturated heterocycles. The number of nitrogens with two attached hydrogens (primary N) is 1. The number of aliphatic imine (C=N–C) groups is 1. The van der Waals surface area contributed by atoms with Crippen molar-refractivity contribution in [3.63, 3.8) is 0 Å². The predicted octanol–water partition coefficient (Wildman–Crippen LogP) is 14.3. The van der Waals surface area contributed by atoms with E-state index in [0.717, 1.165) is 105 Å². The fourth-order valence-electron chi connectivity index (χ4n) is 7.94. The van der Waals surface area contributed by atoms with E-state index < -0.39 is 15.0 Å². The number of phenolic OH excluding ortho intramolecular Hbond substituents is 1. The molecule has 1 aliphatic rings. The van der Waals surface area contributed by atoms with Crippen molar-refractivity contribution in [2.24, 2.45) is 10.7 Å². The van der Waals surface area contributed by atoms with Crippen molar-refractivity contribution in [1.82, 2.24) is 5.32 Å². The Bertz CT molecular complexity index is 3530. The van der Waals surface area contributed by atoms with Crippen molar-refractivity contribution in [3.05, 3.63) is 229 Å². The molecule has 7 aromatic carbocycles. The van der Waals surface area contributed by atoms with Gasteiger partial charge in [-0.15, -0.1) is 0 Å². The van der Waals surface area contributed by atoms with Crippen LogP contribution in [0.2, 0.25) is 0 Å². The molecule has 21 nitrogen and oxygen atoms in total. The number of amides is 1. The van der Waals surface area contributed by atoms with Gasteiger partial charge in [0.2, 0.25) is 12.6 Å². The summed E-state index contributed by atoms with van der Waals surface area (Å²) < 4.78 is 42.1. The van der Waals surface area contributed by atoms with E-state index >= 15 is 0 Å². The Balaban J connectivity index is -0.000000249. The summed E-state index contributed by atoms with van der Waals surface area (Å²) in [6, 6.07) is 38.5. The van der Waals surface area contributed by atoms with E-state index in [0.29, 0.717) is 36.6 Å². The predicted molar refractivity (Wildman–Crippen MR) is 416 cm³/mol. The van der Waals surface area contributed by atoms with Crippen molar-refractivity contribution >= 4 is 133 Å². The van der Waals surface area contributed by atoms with Gasteiger partial charge in [0.05, 0.1) is 47.6 Å². The number of alkyl halides is 1. The number of carboxylic acid groups (broad SMARTS) is 1. The zero-order valence-corrected chi connectivity index (χ0v) is 69.1.